The van der Waals surface area contributed by atoms with Crippen molar-refractivity contribution >= 4 is 12.1 Å². The molecule has 0 unspecified atom stereocenters. The molecule has 0 aliphatic heterocycles. The lowest BCUT2D eigenvalue weighted by Gasteiger charge is -2.15. The summed E-state index contributed by atoms with van der Waals surface area (Å²) in [6.45, 7) is 11.5. The van der Waals surface area contributed by atoms with E-state index in [1.54, 1.807) is 24.6 Å². The highest BCUT2D eigenvalue weighted by Crippen LogP contribution is 2.28. The van der Waals surface area contributed by atoms with Crippen LogP contribution < -0.4 is 10.2 Å². The maximum absolute atomic E-state index is 12.6. The lowest BCUT2D eigenvalue weighted by atomic mass is 10.0. The number of aromatic nitrogens is 1. The minimum atomic E-state index is -0.260. The smallest absolute Gasteiger partial charge is 0.271 e. The van der Waals surface area contributed by atoms with Crippen LogP contribution >= 0.6 is 0 Å². The van der Waals surface area contributed by atoms with E-state index in [1.807, 2.05) is 44.2 Å². The van der Waals surface area contributed by atoms with Gasteiger partial charge in [-0.25, -0.2) is 5.43 Å². The standard InChI is InChI=1S/C30H33N3O3/c1-20(2)28-13-8-21(3)15-29(28)36-19-24-9-11-25(12-10-24)30(34)32-31-17-26-16-22(4)33(23(26)5)18-27-7-6-14-35-27/h6-17,20H,18-19H2,1-5H3,(H,32,34)/b31-17+. The molecule has 0 saturated carbocycles. The molecule has 4 rings (SSSR count). The predicted octanol–water partition coefficient (Wildman–Crippen LogP) is 6.52. The fourth-order valence-corrected chi connectivity index (χ4v) is 4.14. The molecule has 36 heavy (non-hydrogen) atoms. The fourth-order valence-electron chi connectivity index (χ4n) is 4.14. The Morgan fingerprint density at radius 2 is 1.86 bits per heavy atom. The molecule has 1 N–H and O–H groups in total. The number of benzene rings is 2. The lowest BCUT2D eigenvalue weighted by Crippen LogP contribution is -2.17. The molecule has 0 aliphatic carbocycles. The van der Waals surface area contributed by atoms with Gasteiger partial charge in [0.05, 0.1) is 19.0 Å². The van der Waals surface area contributed by atoms with Gasteiger partial charge in [0.2, 0.25) is 0 Å². The van der Waals surface area contributed by atoms with Gasteiger partial charge in [-0.05, 0) is 79.8 Å². The summed E-state index contributed by atoms with van der Waals surface area (Å²) < 4.78 is 13.7. The van der Waals surface area contributed by atoms with Gasteiger partial charge < -0.3 is 13.7 Å². The van der Waals surface area contributed by atoms with Crippen LogP contribution in [0.2, 0.25) is 0 Å². The highest BCUT2D eigenvalue weighted by atomic mass is 16.5. The molecule has 0 aliphatic rings. The van der Waals surface area contributed by atoms with Gasteiger partial charge in [0, 0.05) is 22.5 Å². The number of hydrazone groups is 1. The Hall–Kier alpha value is -4.06. The quantitative estimate of drug-likeness (QED) is 0.218. The fraction of sp³-hybridized carbons (Fsp3) is 0.267. The number of carbonyl (C=O) groups excluding carboxylic acids is 1. The topological polar surface area (TPSA) is 68.8 Å². The average Bonchev–Trinajstić information content (AvgIpc) is 3.47. The highest BCUT2D eigenvalue weighted by molar-refractivity contribution is 5.95. The molecule has 0 saturated heterocycles. The number of rotatable bonds is 9. The number of hydrogen-bond donors (Lipinski definition) is 1. The molecule has 0 bridgehead atoms. The second-order valence-corrected chi connectivity index (χ2v) is 9.37. The van der Waals surface area contributed by atoms with Crippen LogP contribution in [0.25, 0.3) is 0 Å². The third-order valence-corrected chi connectivity index (χ3v) is 6.28. The summed E-state index contributed by atoms with van der Waals surface area (Å²) in [5, 5.41) is 4.18. The van der Waals surface area contributed by atoms with E-state index >= 15 is 0 Å². The molecule has 0 spiro atoms. The van der Waals surface area contributed by atoms with Gasteiger partial charge in [0.25, 0.3) is 5.91 Å². The van der Waals surface area contributed by atoms with E-state index in [0.29, 0.717) is 24.6 Å². The normalized spacial score (nSPS) is 11.4. The number of aryl methyl sites for hydroxylation is 2. The van der Waals surface area contributed by atoms with Crippen LogP contribution in [0, 0.1) is 20.8 Å². The van der Waals surface area contributed by atoms with E-state index in [1.165, 1.54) is 11.1 Å². The van der Waals surface area contributed by atoms with Crippen LogP contribution in [0.1, 0.15) is 69.5 Å². The Bertz CT molecular complexity index is 1350. The molecule has 0 atom stereocenters. The number of hydrogen-bond acceptors (Lipinski definition) is 4. The van der Waals surface area contributed by atoms with Crippen molar-refractivity contribution in [1.29, 1.82) is 0 Å². The van der Waals surface area contributed by atoms with Gasteiger partial charge in [-0.3, -0.25) is 4.79 Å². The number of nitrogens with one attached hydrogen (secondary N) is 1. The Labute approximate surface area is 212 Å². The largest absolute Gasteiger partial charge is 0.489 e. The van der Waals surface area contributed by atoms with Crippen molar-refractivity contribution in [2.24, 2.45) is 5.10 Å². The minimum absolute atomic E-state index is 0.260. The number of furan rings is 1. The van der Waals surface area contributed by atoms with Crippen LogP contribution in [0.3, 0.4) is 0 Å². The zero-order valence-electron chi connectivity index (χ0n) is 21.5. The van der Waals surface area contributed by atoms with E-state index in [0.717, 1.165) is 34.0 Å². The van der Waals surface area contributed by atoms with E-state index < -0.39 is 0 Å². The summed E-state index contributed by atoms with van der Waals surface area (Å²) in [5.74, 6) is 1.92. The van der Waals surface area contributed by atoms with Crippen LogP contribution in [0.15, 0.2) is 76.4 Å². The molecule has 1 amide bonds. The Morgan fingerprint density at radius 3 is 2.56 bits per heavy atom. The van der Waals surface area contributed by atoms with Gasteiger partial charge in [0.15, 0.2) is 0 Å². The van der Waals surface area contributed by atoms with Gasteiger partial charge in [-0.1, -0.05) is 38.1 Å². The monoisotopic (exact) mass is 483 g/mol. The summed E-state index contributed by atoms with van der Waals surface area (Å²) in [5.41, 5.74) is 9.62. The first-order valence-electron chi connectivity index (χ1n) is 12.2. The van der Waals surface area contributed by atoms with Crippen LogP contribution in [0.4, 0.5) is 0 Å². The lowest BCUT2D eigenvalue weighted by molar-refractivity contribution is 0.0955. The van der Waals surface area contributed by atoms with Crippen molar-refractivity contribution in [2.45, 2.75) is 53.7 Å². The van der Waals surface area contributed by atoms with Crippen molar-refractivity contribution < 1.29 is 13.9 Å². The van der Waals surface area contributed by atoms with Gasteiger partial charge in [-0.15, -0.1) is 0 Å². The Morgan fingerprint density at radius 1 is 1.08 bits per heavy atom. The second-order valence-electron chi connectivity index (χ2n) is 9.37. The molecule has 0 radical (unpaired) electrons. The maximum Gasteiger partial charge on any atom is 0.271 e. The molecule has 2 heterocycles. The third kappa shape index (κ3) is 5.95. The van der Waals surface area contributed by atoms with Crippen molar-refractivity contribution in [2.75, 3.05) is 0 Å². The first-order chi connectivity index (χ1) is 17.3. The molecule has 186 valence electrons. The maximum atomic E-state index is 12.6. The summed E-state index contributed by atoms with van der Waals surface area (Å²) in [6, 6.07) is 19.6. The van der Waals surface area contributed by atoms with Crippen molar-refractivity contribution in [3.8, 4) is 5.75 Å². The van der Waals surface area contributed by atoms with Crippen molar-refractivity contribution in [1.82, 2.24) is 9.99 Å². The minimum Gasteiger partial charge on any atom is -0.489 e. The summed E-state index contributed by atoms with van der Waals surface area (Å²) in [7, 11) is 0. The van der Waals surface area contributed by atoms with Crippen LogP contribution in [-0.2, 0) is 13.2 Å². The molecular formula is C30H33N3O3. The molecular weight excluding hydrogens is 450 g/mol. The Balaban J connectivity index is 1.34. The van der Waals surface area contributed by atoms with Crippen LogP contribution in [-0.4, -0.2) is 16.7 Å². The zero-order chi connectivity index (χ0) is 25.7. The second kappa shape index (κ2) is 11.1. The average molecular weight is 484 g/mol. The zero-order valence-corrected chi connectivity index (χ0v) is 21.5. The number of nitrogens with zero attached hydrogens (tertiary/aromatic N) is 2. The number of carbonyl (C=O) groups is 1. The number of ether oxygens (including phenoxy) is 1. The molecule has 6 nitrogen and oxygen atoms in total. The number of amides is 1. The van der Waals surface area contributed by atoms with E-state index in [9.17, 15) is 4.79 Å². The van der Waals surface area contributed by atoms with Crippen molar-refractivity contribution in [3.63, 3.8) is 0 Å². The molecule has 0 fully saturated rings. The summed E-state index contributed by atoms with van der Waals surface area (Å²) in [4.78, 5) is 12.6. The molecule has 4 aromatic rings. The van der Waals surface area contributed by atoms with Crippen molar-refractivity contribution in [3.05, 3.63) is 112 Å². The van der Waals surface area contributed by atoms with Crippen LogP contribution in [0.5, 0.6) is 5.75 Å². The van der Waals surface area contributed by atoms with E-state index in [-0.39, 0.29) is 5.91 Å². The van der Waals surface area contributed by atoms with Gasteiger partial charge in [-0.2, -0.15) is 5.10 Å². The first-order valence-corrected chi connectivity index (χ1v) is 12.2. The van der Waals surface area contributed by atoms with Gasteiger partial charge >= 0.3 is 0 Å². The van der Waals surface area contributed by atoms with E-state index in [4.69, 9.17) is 9.15 Å². The molecule has 2 aromatic heterocycles. The summed E-state index contributed by atoms with van der Waals surface area (Å²) >= 11 is 0. The molecule has 2 aromatic carbocycles. The predicted molar refractivity (Wildman–Crippen MR) is 143 cm³/mol. The van der Waals surface area contributed by atoms with E-state index in [2.05, 4.69) is 54.1 Å². The summed E-state index contributed by atoms with van der Waals surface area (Å²) in [6.07, 6.45) is 3.35. The SMILES string of the molecule is Cc1ccc(C(C)C)c(OCc2ccc(C(=O)N/N=C/c3cc(C)n(Cc4ccco4)c3C)cc2)c1. The Kier molecular flexibility index (Phi) is 7.74. The third-order valence-electron chi connectivity index (χ3n) is 6.28. The first kappa shape index (κ1) is 25.0. The highest BCUT2D eigenvalue weighted by Gasteiger charge is 2.11. The van der Waals surface area contributed by atoms with Gasteiger partial charge in [0.1, 0.15) is 18.1 Å². The molecule has 6 heteroatoms.